The van der Waals surface area contributed by atoms with E-state index in [2.05, 4.69) is 29.0 Å². The maximum Gasteiger partial charge on any atom is 0.235 e. The number of likely N-dealkylation sites (tertiary alicyclic amines) is 1. The molecule has 1 amide bonds. The van der Waals surface area contributed by atoms with Crippen LogP contribution in [0, 0.1) is 11.8 Å². The lowest BCUT2D eigenvalue weighted by Gasteiger charge is -2.36. The van der Waals surface area contributed by atoms with Gasteiger partial charge < -0.3 is 4.90 Å². The molecule has 3 rings (SSSR count). The van der Waals surface area contributed by atoms with E-state index in [1.54, 1.807) is 0 Å². The van der Waals surface area contributed by atoms with Gasteiger partial charge in [-0.1, -0.05) is 37.2 Å². The molecule has 3 unspecified atom stereocenters. The molecule has 1 aromatic carbocycles. The number of carbonyl (C=O) groups is 1. The van der Waals surface area contributed by atoms with Crippen molar-refractivity contribution in [3.05, 3.63) is 29.3 Å². The topological polar surface area (TPSA) is 61.9 Å². The van der Waals surface area contributed by atoms with Crippen LogP contribution in [0.5, 0.6) is 0 Å². The maximum absolute atomic E-state index is 12.7. The smallest absolute Gasteiger partial charge is 0.235 e. The highest BCUT2D eigenvalue weighted by Gasteiger charge is 2.29. The third-order valence-electron chi connectivity index (χ3n) is 4.39. The summed E-state index contributed by atoms with van der Waals surface area (Å²) in [6.07, 6.45) is 1.19. The lowest BCUT2D eigenvalue weighted by Crippen LogP contribution is -2.45. The number of rotatable bonds is 4. The van der Waals surface area contributed by atoms with Crippen molar-refractivity contribution in [3.63, 3.8) is 0 Å². The van der Waals surface area contributed by atoms with Crippen LogP contribution < -0.4 is 0 Å². The molecular formula is C18H23ClN4OS. The molecule has 3 atom stereocenters. The molecule has 0 bridgehead atoms. The number of nitrogens with one attached hydrogen (secondary N) is 1. The van der Waals surface area contributed by atoms with Gasteiger partial charge in [-0.05, 0) is 49.4 Å². The van der Waals surface area contributed by atoms with Gasteiger partial charge >= 0.3 is 0 Å². The Labute approximate surface area is 157 Å². The SMILES string of the molecule is CC1CC(C)CN(C(=O)C(C)Sc2n[nH]c(-c3ccc(Cl)cc3)n2)C1. The third-order valence-corrected chi connectivity index (χ3v) is 5.59. The first-order valence-corrected chi connectivity index (χ1v) is 9.82. The van der Waals surface area contributed by atoms with Crippen molar-refractivity contribution in [2.24, 2.45) is 11.8 Å². The number of aromatic nitrogens is 3. The summed E-state index contributed by atoms with van der Waals surface area (Å²) in [6, 6.07) is 7.42. The number of hydrogen-bond acceptors (Lipinski definition) is 4. The molecule has 2 heterocycles. The predicted octanol–water partition coefficient (Wildman–Crippen LogP) is 4.11. The summed E-state index contributed by atoms with van der Waals surface area (Å²) in [5.74, 6) is 1.97. The van der Waals surface area contributed by atoms with E-state index in [9.17, 15) is 4.79 Å². The Hall–Kier alpha value is -1.53. The molecular weight excluding hydrogens is 356 g/mol. The van der Waals surface area contributed by atoms with Crippen LogP contribution in [-0.2, 0) is 4.79 Å². The van der Waals surface area contributed by atoms with Crippen molar-refractivity contribution < 1.29 is 4.79 Å². The number of hydrogen-bond donors (Lipinski definition) is 1. The second kappa shape index (κ2) is 7.79. The van der Waals surface area contributed by atoms with E-state index in [-0.39, 0.29) is 11.2 Å². The van der Waals surface area contributed by atoms with Crippen LogP contribution in [0.3, 0.4) is 0 Å². The molecule has 1 saturated heterocycles. The van der Waals surface area contributed by atoms with Gasteiger partial charge in [-0.25, -0.2) is 4.98 Å². The molecule has 1 aromatic heterocycles. The van der Waals surface area contributed by atoms with Gasteiger partial charge in [-0.15, -0.1) is 5.10 Å². The van der Waals surface area contributed by atoms with Crippen LogP contribution in [0.25, 0.3) is 11.4 Å². The van der Waals surface area contributed by atoms with Crippen molar-refractivity contribution >= 4 is 29.3 Å². The van der Waals surface area contributed by atoms with E-state index in [1.807, 2.05) is 36.1 Å². The fourth-order valence-corrected chi connectivity index (χ4v) is 4.28. The second-order valence-corrected chi connectivity index (χ2v) is 8.67. The molecule has 0 aliphatic carbocycles. The Balaban J connectivity index is 1.64. The lowest BCUT2D eigenvalue weighted by molar-refractivity contribution is -0.132. The molecule has 0 saturated carbocycles. The number of thioether (sulfide) groups is 1. The molecule has 134 valence electrons. The number of H-pyrrole nitrogens is 1. The zero-order chi connectivity index (χ0) is 18.0. The zero-order valence-corrected chi connectivity index (χ0v) is 16.3. The zero-order valence-electron chi connectivity index (χ0n) is 14.7. The van der Waals surface area contributed by atoms with E-state index in [1.165, 1.54) is 18.2 Å². The van der Waals surface area contributed by atoms with Crippen LogP contribution in [-0.4, -0.2) is 44.3 Å². The van der Waals surface area contributed by atoms with E-state index >= 15 is 0 Å². The molecule has 1 aliphatic rings. The van der Waals surface area contributed by atoms with Gasteiger partial charge in [0.05, 0.1) is 5.25 Å². The second-order valence-electron chi connectivity index (χ2n) is 6.92. The molecule has 0 radical (unpaired) electrons. The highest BCUT2D eigenvalue weighted by Crippen LogP contribution is 2.27. The van der Waals surface area contributed by atoms with Crippen molar-refractivity contribution in [1.82, 2.24) is 20.1 Å². The monoisotopic (exact) mass is 378 g/mol. The Morgan fingerprint density at radius 1 is 1.28 bits per heavy atom. The van der Waals surface area contributed by atoms with Gasteiger partial charge in [0, 0.05) is 23.7 Å². The standard InChI is InChI=1S/C18H23ClN4OS/c1-11-8-12(2)10-23(9-11)17(24)13(3)25-18-20-16(21-22-18)14-4-6-15(19)7-5-14/h4-7,11-13H,8-10H2,1-3H3,(H,20,21,22). The molecule has 1 fully saturated rings. The van der Waals surface area contributed by atoms with Crippen LogP contribution in [0.4, 0.5) is 0 Å². The third kappa shape index (κ3) is 4.55. The summed E-state index contributed by atoms with van der Waals surface area (Å²) in [4.78, 5) is 19.2. The van der Waals surface area contributed by atoms with Crippen molar-refractivity contribution in [2.75, 3.05) is 13.1 Å². The summed E-state index contributed by atoms with van der Waals surface area (Å²) in [7, 11) is 0. The van der Waals surface area contributed by atoms with E-state index in [0.29, 0.717) is 27.8 Å². The highest BCUT2D eigenvalue weighted by molar-refractivity contribution is 8.00. The minimum absolute atomic E-state index is 0.168. The average Bonchev–Trinajstić information content (AvgIpc) is 3.02. The highest BCUT2D eigenvalue weighted by atomic mass is 35.5. The van der Waals surface area contributed by atoms with E-state index < -0.39 is 0 Å². The van der Waals surface area contributed by atoms with Crippen molar-refractivity contribution in [3.8, 4) is 11.4 Å². The Morgan fingerprint density at radius 3 is 2.56 bits per heavy atom. The summed E-state index contributed by atoms with van der Waals surface area (Å²) < 4.78 is 0. The summed E-state index contributed by atoms with van der Waals surface area (Å²) in [5.41, 5.74) is 0.918. The first-order chi connectivity index (χ1) is 11.9. The number of amides is 1. The Kier molecular flexibility index (Phi) is 5.69. The molecule has 5 nitrogen and oxygen atoms in total. The first kappa shape index (κ1) is 18.3. The minimum Gasteiger partial charge on any atom is -0.341 e. The summed E-state index contributed by atoms with van der Waals surface area (Å²) in [5, 5.41) is 8.23. The Morgan fingerprint density at radius 2 is 1.92 bits per heavy atom. The first-order valence-electron chi connectivity index (χ1n) is 8.56. The van der Waals surface area contributed by atoms with Gasteiger partial charge in [-0.3, -0.25) is 9.89 Å². The predicted molar refractivity (Wildman–Crippen MR) is 102 cm³/mol. The quantitative estimate of drug-likeness (QED) is 0.813. The number of carbonyl (C=O) groups excluding carboxylic acids is 1. The molecule has 25 heavy (non-hydrogen) atoms. The van der Waals surface area contributed by atoms with Crippen LogP contribution in [0.15, 0.2) is 29.4 Å². The van der Waals surface area contributed by atoms with Crippen LogP contribution in [0.1, 0.15) is 27.2 Å². The molecule has 1 aliphatic heterocycles. The molecule has 1 N–H and O–H groups in total. The van der Waals surface area contributed by atoms with Gasteiger partial charge in [0.15, 0.2) is 5.82 Å². The number of halogens is 1. The molecule has 2 aromatic rings. The molecule has 7 heteroatoms. The Bertz CT molecular complexity index is 723. The summed E-state index contributed by atoms with van der Waals surface area (Å²) >= 11 is 7.31. The van der Waals surface area contributed by atoms with Gasteiger partial charge in [-0.2, -0.15) is 0 Å². The van der Waals surface area contributed by atoms with E-state index in [4.69, 9.17) is 11.6 Å². The number of piperidine rings is 1. The average molecular weight is 379 g/mol. The fraction of sp³-hybridized carbons (Fsp3) is 0.500. The van der Waals surface area contributed by atoms with Gasteiger partial charge in [0.25, 0.3) is 0 Å². The van der Waals surface area contributed by atoms with Crippen molar-refractivity contribution in [2.45, 2.75) is 37.6 Å². The summed E-state index contributed by atoms with van der Waals surface area (Å²) in [6.45, 7) is 8.04. The van der Waals surface area contributed by atoms with Crippen LogP contribution >= 0.6 is 23.4 Å². The fourth-order valence-electron chi connectivity index (χ4n) is 3.34. The number of aromatic amines is 1. The van der Waals surface area contributed by atoms with Gasteiger partial charge in [0.2, 0.25) is 11.1 Å². The van der Waals surface area contributed by atoms with Crippen LogP contribution in [0.2, 0.25) is 5.02 Å². The lowest BCUT2D eigenvalue weighted by atomic mass is 9.92. The number of benzene rings is 1. The number of nitrogens with zero attached hydrogens (tertiary/aromatic N) is 3. The molecule has 0 spiro atoms. The normalized spacial score (nSPS) is 22.0. The van der Waals surface area contributed by atoms with Gasteiger partial charge in [0.1, 0.15) is 0 Å². The minimum atomic E-state index is -0.202. The van der Waals surface area contributed by atoms with E-state index in [0.717, 1.165) is 18.7 Å². The van der Waals surface area contributed by atoms with Crippen molar-refractivity contribution in [1.29, 1.82) is 0 Å². The maximum atomic E-state index is 12.7. The largest absolute Gasteiger partial charge is 0.341 e.